The fraction of sp³-hybridized carbons (Fsp3) is 0.0870. The van der Waals surface area contributed by atoms with Crippen molar-refractivity contribution in [2.45, 2.75) is 17.0 Å². The van der Waals surface area contributed by atoms with Crippen LogP contribution >= 0.6 is 11.8 Å². The molecule has 0 aliphatic carbocycles. The van der Waals surface area contributed by atoms with Crippen molar-refractivity contribution in [2.24, 2.45) is 5.14 Å². The predicted octanol–water partition coefficient (Wildman–Crippen LogP) is 3.62. The minimum absolute atomic E-state index is 0.0190. The van der Waals surface area contributed by atoms with Gasteiger partial charge in [-0.25, -0.2) is 13.6 Å². The number of carbonyl (C=O) groups excluding carboxylic acids is 1. The van der Waals surface area contributed by atoms with E-state index in [1.54, 1.807) is 0 Å². The number of rotatable bonds is 7. The van der Waals surface area contributed by atoms with Crippen LogP contribution in [0.3, 0.4) is 0 Å². The first-order valence-corrected chi connectivity index (χ1v) is 12.5. The van der Waals surface area contributed by atoms with E-state index in [1.165, 1.54) is 36.0 Å². The van der Waals surface area contributed by atoms with Gasteiger partial charge in [0, 0.05) is 16.9 Å². The predicted molar refractivity (Wildman–Crippen MR) is 129 cm³/mol. The van der Waals surface area contributed by atoms with Crippen LogP contribution in [0.25, 0.3) is 17.1 Å². The van der Waals surface area contributed by atoms with E-state index in [9.17, 15) is 13.2 Å². The molecule has 0 radical (unpaired) electrons. The summed E-state index contributed by atoms with van der Waals surface area (Å²) >= 11 is 1.26. The number of nitrogens with zero attached hydrogens (tertiary/aromatic N) is 3. The van der Waals surface area contributed by atoms with Crippen molar-refractivity contribution in [1.82, 2.24) is 14.8 Å². The largest absolute Gasteiger partial charge is 0.325 e. The summed E-state index contributed by atoms with van der Waals surface area (Å²) in [5.74, 6) is 0.513. The van der Waals surface area contributed by atoms with Crippen LogP contribution < -0.4 is 10.5 Å². The number of hydrogen-bond donors (Lipinski definition) is 2. The Morgan fingerprint density at radius 2 is 1.64 bits per heavy atom. The van der Waals surface area contributed by atoms with Gasteiger partial charge >= 0.3 is 0 Å². The third-order valence-electron chi connectivity index (χ3n) is 4.76. The van der Waals surface area contributed by atoms with Gasteiger partial charge in [-0.15, -0.1) is 10.2 Å². The third kappa shape index (κ3) is 5.48. The van der Waals surface area contributed by atoms with Gasteiger partial charge in [0.2, 0.25) is 15.9 Å². The van der Waals surface area contributed by atoms with Crippen molar-refractivity contribution < 1.29 is 13.2 Å². The van der Waals surface area contributed by atoms with E-state index in [1.807, 2.05) is 66.1 Å². The molecule has 3 N–H and O–H groups in total. The molecule has 168 valence electrons. The topological polar surface area (TPSA) is 120 Å². The summed E-state index contributed by atoms with van der Waals surface area (Å²) in [4.78, 5) is 12.5. The average molecular weight is 480 g/mol. The number of aryl methyl sites for hydroxylation is 1. The van der Waals surface area contributed by atoms with Crippen molar-refractivity contribution in [2.75, 3.05) is 11.1 Å². The number of anilines is 1. The van der Waals surface area contributed by atoms with Crippen LogP contribution in [0.15, 0.2) is 88.9 Å². The first kappa shape index (κ1) is 22.7. The first-order chi connectivity index (χ1) is 15.8. The zero-order valence-electron chi connectivity index (χ0n) is 17.7. The Morgan fingerprint density at radius 1 is 0.970 bits per heavy atom. The Balaban J connectivity index is 1.54. The zero-order valence-corrected chi connectivity index (χ0v) is 19.3. The molecule has 4 aromatic rings. The molecule has 0 saturated carbocycles. The van der Waals surface area contributed by atoms with Crippen LogP contribution in [0.4, 0.5) is 5.69 Å². The number of amides is 1. The van der Waals surface area contributed by atoms with E-state index in [2.05, 4.69) is 15.5 Å². The molecule has 0 aliphatic heterocycles. The number of carbonyl (C=O) groups is 1. The van der Waals surface area contributed by atoms with E-state index in [-0.39, 0.29) is 16.6 Å². The number of sulfonamides is 1. The Kier molecular flexibility index (Phi) is 6.59. The molecule has 10 heteroatoms. The van der Waals surface area contributed by atoms with E-state index in [4.69, 9.17) is 5.14 Å². The highest BCUT2D eigenvalue weighted by atomic mass is 32.2. The standard InChI is InChI=1S/C23H21N5O3S2/c1-16-7-11-19(12-8-16)28-22(17-5-3-2-4-6-17)26-27-23(28)32-15-21(29)25-18-9-13-20(14-10-18)33(24,30)31/h2-14H,15H2,1H3,(H,25,29)(H2,24,30,31). The molecule has 0 saturated heterocycles. The van der Waals surface area contributed by atoms with Crippen molar-refractivity contribution in [3.63, 3.8) is 0 Å². The molecular formula is C23H21N5O3S2. The molecule has 1 aromatic heterocycles. The normalized spacial score (nSPS) is 11.3. The van der Waals surface area contributed by atoms with Crippen LogP contribution in [0.5, 0.6) is 0 Å². The number of nitrogens with one attached hydrogen (secondary N) is 1. The highest BCUT2D eigenvalue weighted by Crippen LogP contribution is 2.28. The first-order valence-electron chi connectivity index (χ1n) is 9.95. The van der Waals surface area contributed by atoms with Crippen molar-refractivity contribution in [1.29, 1.82) is 0 Å². The molecule has 3 aromatic carbocycles. The van der Waals surface area contributed by atoms with Gasteiger partial charge in [0.1, 0.15) is 0 Å². The van der Waals surface area contributed by atoms with Crippen molar-refractivity contribution in [3.05, 3.63) is 84.4 Å². The average Bonchev–Trinajstić information content (AvgIpc) is 3.22. The Hall–Kier alpha value is -3.47. The number of aromatic nitrogens is 3. The minimum Gasteiger partial charge on any atom is -0.325 e. The van der Waals surface area contributed by atoms with Crippen LogP contribution in [0.1, 0.15) is 5.56 Å². The fourth-order valence-electron chi connectivity index (χ4n) is 3.12. The Bertz CT molecular complexity index is 1370. The molecule has 1 heterocycles. The van der Waals surface area contributed by atoms with Gasteiger partial charge in [-0.1, -0.05) is 59.8 Å². The quantitative estimate of drug-likeness (QED) is 0.391. The number of benzene rings is 3. The van der Waals surface area contributed by atoms with Crippen LogP contribution in [-0.4, -0.2) is 34.8 Å². The summed E-state index contributed by atoms with van der Waals surface area (Å²) in [6.45, 7) is 2.02. The summed E-state index contributed by atoms with van der Waals surface area (Å²) in [5.41, 5.74) is 3.41. The lowest BCUT2D eigenvalue weighted by Crippen LogP contribution is -2.15. The van der Waals surface area contributed by atoms with Gasteiger partial charge in [-0.3, -0.25) is 9.36 Å². The lowest BCUT2D eigenvalue weighted by molar-refractivity contribution is -0.113. The summed E-state index contributed by atoms with van der Waals surface area (Å²) in [6, 6.07) is 23.4. The van der Waals surface area contributed by atoms with Crippen LogP contribution in [0, 0.1) is 6.92 Å². The van der Waals surface area contributed by atoms with E-state index in [0.717, 1.165) is 16.8 Å². The monoisotopic (exact) mass is 479 g/mol. The highest BCUT2D eigenvalue weighted by molar-refractivity contribution is 7.99. The number of primary sulfonamides is 1. The van der Waals surface area contributed by atoms with E-state index < -0.39 is 10.0 Å². The summed E-state index contributed by atoms with van der Waals surface area (Å²) in [6.07, 6.45) is 0. The Morgan fingerprint density at radius 3 is 2.27 bits per heavy atom. The Labute approximate surface area is 195 Å². The van der Waals surface area contributed by atoms with E-state index in [0.29, 0.717) is 16.7 Å². The molecule has 0 bridgehead atoms. The van der Waals surface area contributed by atoms with Crippen LogP contribution in [-0.2, 0) is 14.8 Å². The molecule has 0 fully saturated rings. The van der Waals surface area contributed by atoms with Gasteiger partial charge in [-0.05, 0) is 43.3 Å². The van der Waals surface area contributed by atoms with Crippen molar-refractivity contribution >= 4 is 33.4 Å². The second-order valence-corrected chi connectivity index (χ2v) is 9.75. The van der Waals surface area contributed by atoms with Gasteiger partial charge in [0.25, 0.3) is 0 Å². The number of thioether (sulfide) groups is 1. The van der Waals surface area contributed by atoms with Gasteiger partial charge in [0.05, 0.1) is 10.6 Å². The van der Waals surface area contributed by atoms with Gasteiger partial charge in [0.15, 0.2) is 11.0 Å². The molecule has 4 rings (SSSR count). The second-order valence-electron chi connectivity index (χ2n) is 7.25. The maximum Gasteiger partial charge on any atom is 0.238 e. The molecule has 0 spiro atoms. The summed E-state index contributed by atoms with van der Waals surface area (Å²) < 4.78 is 24.7. The van der Waals surface area contributed by atoms with Crippen molar-refractivity contribution in [3.8, 4) is 17.1 Å². The zero-order chi connectivity index (χ0) is 23.4. The van der Waals surface area contributed by atoms with Gasteiger partial charge in [-0.2, -0.15) is 0 Å². The number of nitrogens with two attached hydrogens (primary N) is 1. The maximum absolute atomic E-state index is 12.5. The molecule has 1 amide bonds. The lowest BCUT2D eigenvalue weighted by Gasteiger charge is -2.11. The van der Waals surface area contributed by atoms with E-state index >= 15 is 0 Å². The highest BCUT2D eigenvalue weighted by Gasteiger charge is 2.17. The molecule has 8 nitrogen and oxygen atoms in total. The second kappa shape index (κ2) is 9.57. The SMILES string of the molecule is Cc1ccc(-n2c(SCC(=O)Nc3ccc(S(N)(=O)=O)cc3)nnc2-c2ccccc2)cc1. The maximum atomic E-state index is 12.5. The third-order valence-corrected chi connectivity index (χ3v) is 6.61. The molecular weight excluding hydrogens is 458 g/mol. The van der Waals surface area contributed by atoms with Crippen LogP contribution in [0.2, 0.25) is 0 Å². The lowest BCUT2D eigenvalue weighted by atomic mass is 10.2. The number of hydrogen-bond acceptors (Lipinski definition) is 6. The molecule has 33 heavy (non-hydrogen) atoms. The fourth-order valence-corrected chi connectivity index (χ4v) is 4.39. The minimum atomic E-state index is -3.78. The molecule has 0 atom stereocenters. The summed E-state index contributed by atoms with van der Waals surface area (Å²) in [5, 5.41) is 17.1. The molecule has 0 aliphatic rings. The summed E-state index contributed by atoms with van der Waals surface area (Å²) in [7, 11) is -3.78. The smallest absolute Gasteiger partial charge is 0.238 e. The van der Waals surface area contributed by atoms with Gasteiger partial charge < -0.3 is 5.32 Å². The molecule has 0 unspecified atom stereocenters.